The molecular weight excluding hydrogens is 212 g/mol. The van der Waals surface area contributed by atoms with Gasteiger partial charge < -0.3 is 10.0 Å². The Balaban J connectivity index is 2.28. The third-order valence-corrected chi connectivity index (χ3v) is 2.93. The van der Waals surface area contributed by atoms with Crippen molar-refractivity contribution in [2.24, 2.45) is 0 Å². The van der Waals surface area contributed by atoms with Gasteiger partial charge in [-0.2, -0.15) is 0 Å². The molecule has 2 rings (SSSR count). The van der Waals surface area contributed by atoms with Crippen LogP contribution in [-0.4, -0.2) is 35.6 Å². The average molecular weight is 230 g/mol. The summed E-state index contributed by atoms with van der Waals surface area (Å²) in [5, 5.41) is 12.4. The van der Waals surface area contributed by atoms with Gasteiger partial charge in [-0.3, -0.25) is 4.98 Å². The van der Waals surface area contributed by atoms with Gasteiger partial charge in [0.25, 0.3) is 0 Å². The van der Waals surface area contributed by atoms with Crippen LogP contribution in [0.3, 0.4) is 0 Å². The fraction of sp³-hybridized carbons (Fsp3) is 0.357. The molecule has 1 N–H and O–H groups in total. The molecule has 0 amide bonds. The van der Waals surface area contributed by atoms with Crippen LogP contribution in [0.2, 0.25) is 0 Å². The van der Waals surface area contributed by atoms with Crippen molar-refractivity contribution in [1.29, 1.82) is 0 Å². The predicted octanol–water partition coefficient (Wildman–Crippen LogP) is 2.22. The van der Waals surface area contributed by atoms with E-state index in [2.05, 4.69) is 9.88 Å². The zero-order valence-electron chi connectivity index (χ0n) is 10.3. The summed E-state index contributed by atoms with van der Waals surface area (Å²) in [6.07, 6.45) is 3.91. The quantitative estimate of drug-likeness (QED) is 0.875. The highest BCUT2D eigenvalue weighted by Gasteiger charge is 2.11. The molecule has 17 heavy (non-hydrogen) atoms. The number of benzene rings is 1. The Morgan fingerprint density at radius 1 is 1.29 bits per heavy atom. The molecule has 0 fully saturated rings. The average Bonchev–Trinajstić information content (AvgIpc) is 2.35. The number of aromatic nitrogens is 1. The van der Waals surface area contributed by atoms with Crippen molar-refractivity contribution in [2.75, 3.05) is 20.6 Å². The molecule has 0 aliphatic carbocycles. The van der Waals surface area contributed by atoms with Gasteiger partial charge in [-0.15, -0.1) is 0 Å². The van der Waals surface area contributed by atoms with E-state index in [1.54, 1.807) is 6.20 Å². The van der Waals surface area contributed by atoms with Crippen LogP contribution >= 0.6 is 0 Å². The smallest absolute Gasteiger partial charge is 0.0808 e. The summed E-state index contributed by atoms with van der Waals surface area (Å²) < 4.78 is 0. The molecule has 3 nitrogen and oxygen atoms in total. The van der Waals surface area contributed by atoms with Crippen LogP contribution in [0.1, 0.15) is 18.1 Å². The number of aliphatic hydroxyl groups excluding tert-OH is 1. The lowest BCUT2D eigenvalue weighted by Gasteiger charge is -2.16. The first-order chi connectivity index (χ1) is 8.18. The lowest BCUT2D eigenvalue weighted by Crippen LogP contribution is -2.16. The van der Waals surface area contributed by atoms with Crippen molar-refractivity contribution in [3.63, 3.8) is 0 Å². The first kappa shape index (κ1) is 12.0. The third kappa shape index (κ3) is 2.81. The topological polar surface area (TPSA) is 36.4 Å². The molecule has 90 valence electrons. The number of hydrogen-bond donors (Lipinski definition) is 1. The molecule has 1 atom stereocenters. The van der Waals surface area contributed by atoms with Gasteiger partial charge >= 0.3 is 0 Å². The van der Waals surface area contributed by atoms with E-state index in [1.807, 2.05) is 44.6 Å². The van der Waals surface area contributed by atoms with Crippen molar-refractivity contribution >= 4 is 10.8 Å². The summed E-state index contributed by atoms with van der Waals surface area (Å²) in [7, 11) is 4.02. The first-order valence-electron chi connectivity index (χ1n) is 5.84. The number of aliphatic hydroxyl groups is 1. The molecule has 0 saturated carbocycles. The van der Waals surface area contributed by atoms with Gasteiger partial charge in [-0.05, 0) is 37.5 Å². The van der Waals surface area contributed by atoms with Gasteiger partial charge in [-0.25, -0.2) is 0 Å². The fourth-order valence-corrected chi connectivity index (χ4v) is 1.96. The van der Waals surface area contributed by atoms with Crippen molar-refractivity contribution < 1.29 is 5.11 Å². The summed E-state index contributed by atoms with van der Waals surface area (Å²) in [5.74, 6) is 0. The van der Waals surface area contributed by atoms with Crippen LogP contribution in [-0.2, 0) is 0 Å². The zero-order valence-corrected chi connectivity index (χ0v) is 10.3. The summed E-state index contributed by atoms with van der Waals surface area (Å²) >= 11 is 0. The Morgan fingerprint density at radius 2 is 2.12 bits per heavy atom. The second kappa shape index (κ2) is 5.25. The van der Waals surface area contributed by atoms with Crippen molar-refractivity contribution in [3.8, 4) is 0 Å². The van der Waals surface area contributed by atoms with Crippen LogP contribution in [0.25, 0.3) is 10.8 Å². The Hall–Kier alpha value is -1.45. The Morgan fingerprint density at radius 3 is 2.88 bits per heavy atom. The molecule has 0 aliphatic rings. The second-order valence-electron chi connectivity index (χ2n) is 4.55. The lowest BCUT2D eigenvalue weighted by molar-refractivity contribution is 0.155. The van der Waals surface area contributed by atoms with Gasteiger partial charge in [0.15, 0.2) is 0 Å². The summed E-state index contributed by atoms with van der Waals surface area (Å²) in [6.45, 7) is 0.873. The highest BCUT2D eigenvalue weighted by atomic mass is 16.3. The molecule has 1 aromatic heterocycles. The van der Waals surface area contributed by atoms with Gasteiger partial charge in [-0.1, -0.05) is 18.2 Å². The lowest BCUT2D eigenvalue weighted by atomic mass is 10.0. The number of rotatable bonds is 4. The van der Waals surface area contributed by atoms with Crippen LogP contribution in [0, 0.1) is 0 Å². The highest BCUT2D eigenvalue weighted by Crippen LogP contribution is 2.25. The van der Waals surface area contributed by atoms with E-state index >= 15 is 0 Å². The van der Waals surface area contributed by atoms with Crippen LogP contribution in [0.4, 0.5) is 0 Å². The van der Waals surface area contributed by atoms with Gasteiger partial charge in [0.2, 0.25) is 0 Å². The minimum atomic E-state index is -0.426. The molecular formula is C14H18N2O. The number of pyridine rings is 1. The number of hydrogen-bond acceptors (Lipinski definition) is 3. The summed E-state index contributed by atoms with van der Waals surface area (Å²) in [6, 6.07) is 7.97. The molecule has 1 unspecified atom stereocenters. The largest absolute Gasteiger partial charge is 0.388 e. The monoisotopic (exact) mass is 230 g/mol. The normalized spacial score (nSPS) is 13.2. The van der Waals surface area contributed by atoms with Crippen molar-refractivity contribution in [3.05, 3.63) is 42.2 Å². The molecule has 1 heterocycles. The van der Waals surface area contributed by atoms with Crippen LogP contribution in [0.5, 0.6) is 0 Å². The third-order valence-electron chi connectivity index (χ3n) is 2.93. The van der Waals surface area contributed by atoms with Crippen LogP contribution in [0.15, 0.2) is 36.7 Å². The van der Waals surface area contributed by atoms with E-state index in [4.69, 9.17) is 0 Å². The van der Waals surface area contributed by atoms with Crippen LogP contribution < -0.4 is 0 Å². The van der Waals surface area contributed by atoms with Crippen molar-refractivity contribution in [1.82, 2.24) is 9.88 Å². The maximum Gasteiger partial charge on any atom is 0.0808 e. The molecule has 1 aromatic carbocycles. The maximum absolute atomic E-state index is 10.2. The second-order valence-corrected chi connectivity index (χ2v) is 4.55. The number of fused-ring (bicyclic) bond motifs is 1. The molecule has 0 spiro atoms. The van der Waals surface area contributed by atoms with E-state index < -0.39 is 6.10 Å². The molecule has 3 heteroatoms. The Bertz CT molecular complexity index is 491. The fourth-order valence-electron chi connectivity index (χ4n) is 1.96. The van der Waals surface area contributed by atoms with E-state index in [9.17, 15) is 5.11 Å². The standard InChI is InChI=1S/C14H18N2O/c1-16(2)9-7-14(17)12-5-3-4-11-6-8-15-10-13(11)12/h3-6,8,10,14,17H,7,9H2,1-2H3. The SMILES string of the molecule is CN(C)CCC(O)c1cccc2ccncc12. The summed E-state index contributed by atoms with van der Waals surface area (Å²) in [4.78, 5) is 6.21. The Kier molecular flexibility index (Phi) is 3.71. The Labute approximate surface area is 102 Å². The molecule has 0 radical (unpaired) electrons. The molecule has 2 aromatic rings. The highest BCUT2D eigenvalue weighted by molar-refractivity contribution is 5.85. The molecule has 0 aliphatic heterocycles. The van der Waals surface area contributed by atoms with Gasteiger partial charge in [0.1, 0.15) is 0 Å². The summed E-state index contributed by atoms with van der Waals surface area (Å²) in [5.41, 5.74) is 0.970. The van der Waals surface area contributed by atoms with E-state index in [0.717, 1.165) is 29.3 Å². The van der Waals surface area contributed by atoms with Crippen molar-refractivity contribution in [2.45, 2.75) is 12.5 Å². The maximum atomic E-state index is 10.2. The van der Waals surface area contributed by atoms with E-state index in [-0.39, 0.29) is 0 Å². The predicted molar refractivity (Wildman–Crippen MR) is 69.9 cm³/mol. The van der Waals surface area contributed by atoms with Gasteiger partial charge in [0, 0.05) is 24.3 Å². The first-order valence-corrected chi connectivity index (χ1v) is 5.84. The molecule has 0 bridgehead atoms. The van der Waals surface area contributed by atoms with E-state index in [0.29, 0.717) is 0 Å². The molecule has 0 saturated heterocycles. The van der Waals surface area contributed by atoms with E-state index in [1.165, 1.54) is 0 Å². The van der Waals surface area contributed by atoms with Gasteiger partial charge in [0.05, 0.1) is 6.10 Å². The number of nitrogens with zero attached hydrogens (tertiary/aromatic N) is 2. The zero-order chi connectivity index (χ0) is 12.3. The minimum Gasteiger partial charge on any atom is -0.388 e. The minimum absolute atomic E-state index is 0.426.